The smallest absolute Gasteiger partial charge is 0.290 e. The maximum absolute atomic E-state index is 13.8. The van der Waals surface area contributed by atoms with Crippen LogP contribution in [0.25, 0.3) is 11.0 Å². The van der Waals surface area contributed by atoms with E-state index in [9.17, 15) is 9.59 Å². The summed E-state index contributed by atoms with van der Waals surface area (Å²) in [5.74, 6) is 1.64. The molecule has 0 radical (unpaired) electrons. The zero-order valence-corrected chi connectivity index (χ0v) is 20.8. The third-order valence-corrected chi connectivity index (χ3v) is 6.21. The summed E-state index contributed by atoms with van der Waals surface area (Å²) >= 11 is 0. The number of benzene rings is 2. The van der Waals surface area contributed by atoms with Crippen LogP contribution < -0.4 is 24.4 Å². The molecule has 9 nitrogen and oxygen atoms in total. The standard InChI is InChI=1S/C26H30N2O7/c1-27(2)10-7-11-28-23(17-13-20(33-5)21(34-6)14-18(17)32-4)22-24(29)16-9-8-15(31-3)12-19(16)35-25(22)26(28)30/h8-9,12-14,23H,7,10-11H2,1-6H3/t23-/m0/s1. The monoisotopic (exact) mass is 482 g/mol. The Morgan fingerprint density at radius 1 is 0.914 bits per heavy atom. The van der Waals surface area contributed by atoms with Gasteiger partial charge in [0.1, 0.15) is 17.1 Å². The normalized spacial score (nSPS) is 15.0. The molecule has 9 heteroatoms. The lowest BCUT2D eigenvalue weighted by Crippen LogP contribution is -2.32. The minimum Gasteiger partial charge on any atom is -0.497 e. The van der Waals surface area contributed by atoms with Crippen molar-refractivity contribution in [2.24, 2.45) is 0 Å². The molecule has 2 heterocycles. The van der Waals surface area contributed by atoms with E-state index >= 15 is 0 Å². The zero-order valence-electron chi connectivity index (χ0n) is 20.8. The van der Waals surface area contributed by atoms with Gasteiger partial charge in [0.15, 0.2) is 16.9 Å². The number of methoxy groups -OCH3 is 4. The van der Waals surface area contributed by atoms with Gasteiger partial charge in [-0.15, -0.1) is 0 Å². The Morgan fingerprint density at radius 3 is 2.23 bits per heavy atom. The second kappa shape index (κ2) is 9.87. The fourth-order valence-corrected chi connectivity index (χ4v) is 4.50. The molecule has 1 aliphatic heterocycles. The molecule has 0 aliphatic carbocycles. The second-order valence-corrected chi connectivity index (χ2v) is 8.54. The zero-order chi connectivity index (χ0) is 25.3. The van der Waals surface area contributed by atoms with Crippen LogP contribution in [0, 0.1) is 0 Å². The fourth-order valence-electron chi connectivity index (χ4n) is 4.50. The molecule has 1 amide bonds. The van der Waals surface area contributed by atoms with Crippen molar-refractivity contribution in [3.63, 3.8) is 0 Å². The van der Waals surface area contributed by atoms with Crippen LogP contribution in [-0.2, 0) is 0 Å². The summed E-state index contributed by atoms with van der Waals surface area (Å²) in [6, 6.07) is 7.71. The van der Waals surface area contributed by atoms with E-state index in [1.807, 2.05) is 19.0 Å². The minimum absolute atomic E-state index is 0.0300. The molecule has 3 aromatic rings. The molecule has 1 aromatic heterocycles. The maximum Gasteiger partial charge on any atom is 0.290 e. The van der Waals surface area contributed by atoms with Gasteiger partial charge in [0, 0.05) is 24.2 Å². The van der Waals surface area contributed by atoms with E-state index < -0.39 is 6.04 Å². The van der Waals surface area contributed by atoms with E-state index in [2.05, 4.69) is 0 Å². The Hall–Kier alpha value is -3.72. The lowest BCUT2D eigenvalue weighted by atomic mass is 9.97. The van der Waals surface area contributed by atoms with E-state index in [-0.39, 0.29) is 22.7 Å². The summed E-state index contributed by atoms with van der Waals surface area (Å²) in [6.45, 7) is 1.19. The van der Waals surface area contributed by atoms with Crippen LogP contribution in [0.4, 0.5) is 0 Å². The summed E-state index contributed by atoms with van der Waals surface area (Å²) in [5.41, 5.74) is 0.925. The van der Waals surface area contributed by atoms with E-state index in [1.165, 1.54) is 28.4 Å². The number of carbonyl (C=O) groups is 1. The highest BCUT2D eigenvalue weighted by Crippen LogP contribution is 2.45. The van der Waals surface area contributed by atoms with Gasteiger partial charge in [0.2, 0.25) is 5.76 Å². The molecule has 0 saturated heterocycles. The van der Waals surface area contributed by atoms with Crippen molar-refractivity contribution in [2.45, 2.75) is 12.5 Å². The van der Waals surface area contributed by atoms with Crippen molar-refractivity contribution in [3.8, 4) is 23.0 Å². The number of carbonyl (C=O) groups excluding carboxylic acids is 1. The van der Waals surface area contributed by atoms with Crippen LogP contribution in [0.15, 0.2) is 39.5 Å². The summed E-state index contributed by atoms with van der Waals surface area (Å²) in [7, 11) is 10.1. The van der Waals surface area contributed by atoms with Crippen molar-refractivity contribution in [1.29, 1.82) is 0 Å². The molecule has 186 valence electrons. The van der Waals surface area contributed by atoms with Crippen molar-refractivity contribution in [2.75, 3.05) is 55.6 Å². The van der Waals surface area contributed by atoms with Gasteiger partial charge in [-0.05, 0) is 45.3 Å². The number of rotatable bonds is 9. The largest absolute Gasteiger partial charge is 0.497 e. The number of amides is 1. The molecule has 4 rings (SSSR count). The number of nitrogens with zero attached hydrogens (tertiary/aromatic N) is 2. The van der Waals surface area contributed by atoms with E-state index in [0.29, 0.717) is 52.5 Å². The molecule has 0 bridgehead atoms. The lowest BCUT2D eigenvalue weighted by Gasteiger charge is -2.27. The maximum atomic E-state index is 13.8. The van der Waals surface area contributed by atoms with Crippen molar-refractivity contribution in [3.05, 3.63) is 57.4 Å². The van der Waals surface area contributed by atoms with Crippen LogP contribution in [-0.4, -0.2) is 71.3 Å². The Balaban J connectivity index is 1.96. The van der Waals surface area contributed by atoms with Gasteiger partial charge < -0.3 is 33.2 Å². The van der Waals surface area contributed by atoms with E-state index in [0.717, 1.165) is 6.54 Å². The SMILES string of the molecule is COc1ccc2c(=O)c3c(oc2c1)C(=O)N(CCCN(C)C)[C@H]3c1cc(OC)c(OC)cc1OC. The highest BCUT2D eigenvalue weighted by molar-refractivity contribution is 5.99. The Morgan fingerprint density at radius 2 is 1.60 bits per heavy atom. The molecule has 0 unspecified atom stereocenters. The van der Waals surface area contributed by atoms with E-state index in [4.69, 9.17) is 23.4 Å². The van der Waals surface area contributed by atoms with Gasteiger partial charge >= 0.3 is 0 Å². The Bertz CT molecular complexity index is 1320. The van der Waals surface area contributed by atoms with Crippen molar-refractivity contribution >= 4 is 16.9 Å². The molecule has 35 heavy (non-hydrogen) atoms. The highest BCUT2D eigenvalue weighted by Gasteiger charge is 2.44. The molecule has 2 aromatic carbocycles. The predicted octanol–water partition coefficient (Wildman–Crippen LogP) is 3.32. The van der Waals surface area contributed by atoms with Crippen LogP contribution in [0.5, 0.6) is 23.0 Å². The van der Waals surface area contributed by atoms with Crippen molar-refractivity contribution < 1.29 is 28.2 Å². The quantitative estimate of drug-likeness (QED) is 0.459. The Kier molecular flexibility index (Phi) is 6.88. The fraction of sp³-hybridized carbons (Fsp3) is 0.385. The molecule has 0 spiro atoms. The molecule has 1 atom stereocenters. The first kappa shape index (κ1) is 24.4. The highest BCUT2D eigenvalue weighted by atomic mass is 16.5. The third-order valence-electron chi connectivity index (χ3n) is 6.21. The summed E-state index contributed by atoms with van der Waals surface area (Å²) in [5, 5.41) is 0.372. The first-order valence-corrected chi connectivity index (χ1v) is 11.2. The molecule has 1 aliphatic rings. The molecular formula is C26H30N2O7. The number of hydrogen-bond donors (Lipinski definition) is 0. The third kappa shape index (κ3) is 4.27. The van der Waals surface area contributed by atoms with Gasteiger partial charge in [-0.3, -0.25) is 9.59 Å². The van der Waals surface area contributed by atoms with Crippen LogP contribution >= 0.6 is 0 Å². The van der Waals surface area contributed by atoms with Gasteiger partial charge in [0.25, 0.3) is 5.91 Å². The topological polar surface area (TPSA) is 90.7 Å². The Labute approximate surface area is 203 Å². The van der Waals surface area contributed by atoms with Crippen LogP contribution in [0.2, 0.25) is 0 Å². The summed E-state index contributed by atoms with van der Waals surface area (Å²) in [4.78, 5) is 31.1. The number of fused-ring (bicyclic) bond motifs is 2. The lowest BCUT2D eigenvalue weighted by molar-refractivity contribution is 0.0720. The van der Waals surface area contributed by atoms with Crippen molar-refractivity contribution in [1.82, 2.24) is 9.80 Å². The number of ether oxygens (including phenoxy) is 4. The minimum atomic E-state index is -0.711. The average molecular weight is 483 g/mol. The predicted molar refractivity (Wildman–Crippen MR) is 131 cm³/mol. The first-order valence-electron chi connectivity index (χ1n) is 11.2. The summed E-state index contributed by atoms with van der Waals surface area (Å²) < 4.78 is 27.9. The average Bonchev–Trinajstić information content (AvgIpc) is 3.14. The molecular weight excluding hydrogens is 452 g/mol. The number of hydrogen-bond acceptors (Lipinski definition) is 8. The second-order valence-electron chi connectivity index (χ2n) is 8.54. The van der Waals surface area contributed by atoms with Gasteiger partial charge in [-0.25, -0.2) is 0 Å². The molecule has 0 N–H and O–H groups in total. The molecule has 0 fully saturated rings. The van der Waals surface area contributed by atoms with Gasteiger partial charge in [-0.2, -0.15) is 0 Å². The van der Waals surface area contributed by atoms with Gasteiger partial charge in [-0.1, -0.05) is 0 Å². The van der Waals surface area contributed by atoms with Crippen LogP contribution in [0.1, 0.15) is 34.1 Å². The first-order chi connectivity index (χ1) is 16.8. The van der Waals surface area contributed by atoms with Gasteiger partial charge in [0.05, 0.1) is 45.4 Å². The van der Waals surface area contributed by atoms with E-state index in [1.54, 1.807) is 35.2 Å². The summed E-state index contributed by atoms with van der Waals surface area (Å²) in [6.07, 6.45) is 0.709. The van der Waals surface area contributed by atoms with Crippen LogP contribution in [0.3, 0.4) is 0 Å². The molecule has 0 saturated carbocycles.